The van der Waals surface area contributed by atoms with E-state index < -0.39 is 0 Å². The van der Waals surface area contributed by atoms with Crippen molar-refractivity contribution in [3.63, 3.8) is 0 Å². The lowest BCUT2D eigenvalue weighted by atomic mass is 9.82. The van der Waals surface area contributed by atoms with Gasteiger partial charge in [0.1, 0.15) is 11.2 Å². The largest absolute Gasteiger partial charge is 0.456 e. The van der Waals surface area contributed by atoms with Gasteiger partial charge in [0.2, 0.25) is 0 Å². The molecule has 0 atom stereocenters. The Morgan fingerprint density at radius 1 is 0.379 bits per heavy atom. The average molecular weight is 742 g/mol. The van der Waals surface area contributed by atoms with Crippen LogP contribution in [0.4, 0.5) is 0 Å². The number of hydrogen-bond donors (Lipinski definition) is 0. The summed E-state index contributed by atoms with van der Waals surface area (Å²) in [4.78, 5) is 15.7. The van der Waals surface area contributed by atoms with E-state index in [1.54, 1.807) is 0 Å². The van der Waals surface area contributed by atoms with Gasteiger partial charge in [0, 0.05) is 32.9 Å². The zero-order chi connectivity index (χ0) is 38.5. The van der Waals surface area contributed by atoms with Crippen molar-refractivity contribution < 1.29 is 4.42 Å². The smallest absolute Gasteiger partial charge is 0.164 e. The van der Waals surface area contributed by atoms with Gasteiger partial charge in [-0.05, 0) is 90.0 Å². The Bertz CT molecular complexity index is 3490. The molecule has 0 saturated carbocycles. The van der Waals surface area contributed by atoms with E-state index in [-0.39, 0.29) is 5.41 Å². The van der Waals surface area contributed by atoms with Gasteiger partial charge < -0.3 is 4.42 Å². The van der Waals surface area contributed by atoms with E-state index in [0.29, 0.717) is 17.5 Å². The van der Waals surface area contributed by atoms with Crippen LogP contribution in [0.3, 0.4) is 0 Å². The minimum atomic E-state index is -0.0515. The predicted octanol–water partition coefficient (Wildman–Crippen LogP) is 14.2. The highest BCUT2D eigenvalue weighted by molar-refractivity contribution is 6.23. The second-order valence-corrected chi connectivity index (χ2v) is 15.9. The molecule has 0 saturated heterocycles. The molecule has 0 radical (unpaired) electrons. The van der Waals surface area contributed by atoms with Crippen molar-refractivity contribution in [3.8, 4) is 56.4 Å². The molecule has 0 amide bonds. The summed E-state index contributed by atoms with van der Waals surface area (Å²) in [7, 11) is 0. The normalized spacial score (nSPS) is 13.1. The van der Waals surface area contributed by atoms with Gasteiger partial charge in [0.25, 0.3) is 0 Å². The molecule has 12 rings (SSSR count). The molecule has 4 nitrogen and oxygen atoms in total. The second kappa shape index (κ2) is 12.3. The molecule has 1 aliphatic rings. The maximum absolute atomic E-state index is 6.30. The summed E-state index contributed by atoms with van der Waals surface area (Å²) < 4.78 is 6.30. The topological polar surface area (TPSA) is 51.8 Å². The number of nitrogens with zero attached hydrogens (tertiary/aromatic N) is 3. The molecule has 1 aliphatic carbocycles. The van der Waals surface area contributed by atoms with E-state index in [0.717, 1.165) is 55.1 Å². The van der Waals surface area contributed by atoms with Crippen molar-refractivity contribution >= 4 is 54.3 Å². The van der Waals surface area contributed by atoms with Crippen molar-refractivity contribution in [1.82, 2.24) is 15.0 Å². The summed E-state index contributed by atoms with van der Waals surface area (Å²) in [6, 6.07) is 62.5. The Morgan fingerprint density at radius 2 is 1.02 bits per heavy atom. The summed E-state index contributed by atoms with van der Waals surface area (Å²) in [6.45, 7) is 4.69. The molecule has 4 heteroatoms. The Kier molecular flexibility index (Phi) is 6.94. The number of fused-ring (bicyclic) bond motifs is 12. The molecule has 272 valence electrons. The van der Waals surface area contributed by atoms with Crippen LogP contribution in [0.5, 0.6) is 0 Å². The fourth-order valence-corrected chi connectivity index (χ4v) is 9.50. The Hall–Kier alpha value is -7.43. The maximum atomic E-state index is 6.30. The highest BCUT2D eigenvalue weighted by atomic mass is 16.3. The van der Waals surface area contributed by atoms with E-state index >= 15 is 0 Å². The fraction of sp³-hybridized carbons (Fsp3) is 0.0556. The molecule has 0 N–H and O–H groups in total. The monoisotopic (exact) mass is 741 g/mol. The highest BCUT2D eigenvalue weighted by Crippen LogP contribution is 2.52. The zero-order valence-corrected chi connectivity index (χ0v) is 32.0. The van der Waals surface area contributed by atoms with Crippen molar-refractivity contribution in [1.29, 1.82) is 0 Å². The summed E-state index contributed by atoms with van der Waals surface area (Å²) in [5, 5.41) is 9.42. The van der Waals surface area contributed by atoms with Crippen LogP contribution in [0.2, 0.25) is 0 Å². The lowest BCUT2D eigenvalue weighted by molar-refractivity contribution is 0.661. The average Bonchev–Trinajstić information content (AvgIpc) is 3.78. The minimum absolute atomic E-state index is 0.0515. The van der Waals surface area contributed by atoms with Gasteiger partial charge in [-0.15, -0.1) is 0 Å². The van der Waals surface area contributed by atoms with Crippen LogP contribution >= 0.6 is 0 Å². The first-order chi connectivity index (χ1) is 28.5. The molecule has 0 spiro atoms. The number of aromatic nitrogens is 3. The number of rotatable bonds is 4. The molecular weight excluding hydrogens is 707 g/mol. The van der Waals surface area contributed by atoms with Crippen LogP contribution in [0.15, 0.2) is 180 Å². The first-order valence-corrected chi connectivity index (χ1v) is 19.9. The SMILES string of the molecule is CC1(C)c2ccccc2-c2c1ccc1c2ccc2ccc3cc(-c4nc(-c5cccc(-c6ccccc6)c5)nc(-c5cccc6oc7ccccc7c56)n4)ccc3c21. The van der Waals surface area contributed by atoms with Gasteiger partial charge >= 0.3 is 0 Å². The molecule has 0 unspecified atom stereocenters. The summed E-state index contributed by atoms with van der Waals surface area (Å²) in [6.07, 6.45) is 0. The lowest BCUT2D eigenvalue weighted by Gasteiger charge is -2.21. The Labute approximate surface area is 335 Å². The molecule has 2 aromatic heterocycles. The number of furan rings is 1. The third-order valence-electron chi connectivity index (χ3n) is 12.3. The zero-order valence-electron chi connectivity index (χ0n) is 32.0. The minimum Gasteiger partial charge on any atom is -0.456 e. The Morgan fingerprint density at radius 3 is 1.91 bits per heavy atom. The van der Waals surface area contributed by atoms with Crippen LogP contribution in [0, 0.1) is 0 Å². The molecular formula is C54H35N3O. The number of benzene rings is 9. The van der Waals surface area contributed by atoms with Gasteiger partial charge in [-0.1, -0.05) is 166 Å². The molecule has 0 aliphatic heterocycles. The first-order valence-electron chi connectivity index (χ1n) is 19.9. The van der Waals surface area contributed by atoms with Crippen LogP contribution < -0.4 is 0 Å². The summed E-state index contributed by atoms with van der Waals surface area (Å²) >= 11 is 0. The molecule has 9 aromatic carbocycles. The predicted molar refractivity (Wildman–Crippen MR) is 239 cm³/mol. The van der Waals surface area contributed by atoms with Gasteiger partial charge in [-0.25, -0.2) is 15.0 Å². The molecule has 58 heavy (non-hydrogen) atoms. The van der Waals surface area contributed by atoms with E-state index in [2.05, 4.69) is 153 Å². The molecule has 2 heterocycles. The van der Waals surface area contributed by atoms with E-state index in [1.807, 2.05) is 36.4 Å². The van der Waals surface area contributed by atoms with Crippen molar-refractivity contribution in [2.24, 2.45) is 0 Å². The first kappa shape index (κ1) is 32.8. The molecule has 11 aromatic rings. The van der Waals surface area contributed by atoms with Gasteiger partial charge in [-0.2, -0.15) is 0 Å². The number of hydrogen-bond acceptors (Lipinski definition) is 4. The third kappa shape index (κ3) is 4.85. The van der Waals surface area contributed by atoms with E-state index in [9.17, 15) is 0 Å². The lowest BCUT2D eigenvalue weighted by Crippen LogP contribution is -2.14. The van der Waals surface area contributed by atoms with E-state index in [1.165, 1.54) is 49.2 Å². The van der Waals surface area contributed by atoms with Gasteiger partial charge in [0.15, 0.2) is 17.5 Å². The maximum Gasteiger partial charge on any atom is 0.164 e. The van der Waals surface area contributed by atoms with Gasteiger partial charge in [-0.3, -0.25) is 0 Å². The van der Waals surface area contributed by atoms with E-state index in [4.69, 9.17) is 19.4 Å². The van der Waals surface area contributed by atoms with Crippen LogP contribution in [-0.2, 0) is 5.41 Å². The van der Waals surface area contributed by atoms with Gasteiger partial charge in [0.05, 0.1) is 0 Å². The summed E-state index contributed by atoms with van der Waals surface area (Å²) in [5.74, 6) is 1.83. The van der Waals surface area contributed by atoms with Crippen molar-refractivity contribution in [3.05, 3.63) is 187 Å². The van der Waals surface area contributed by atoms with Crippen LogP contribution in [-0.4, -0.2) is 15.0 Å². The quantitative estimate of drug-likeness (QED) is 0.169. The van der Waals surface area contributed by atoms with Crippen molar-refractivity contribution in [2.45, 2.75) is 19.3 Å². The van der Waals surface area contributed by atoms with Crippen LogP contribution in [0.1, 0.15) is 25.0 Å². The third-order valence-corrected chi connectivity index (χ3v) is 12.3. The van der Waals surface area contributed by atoms with Crippen molar-refractivity contribution in [2.75, 3.05) is 0 Å². The fourth-order valence-electron chi connectivity index (χ4n) is 9.50. The molecule has 0 bridgehead atoms. The molecule has 0 fully saturated rings. The summed E-state index contributed by atoms with van der Waals surface area (Å²) in [5.41, 5.74) is 12.1. The standard InChI is InChI=1S/C54H35N3O/c1-54(2)44-19-8-6-16-41(44)49-40-27-24-33-22-23-35-31-37(25-26-38(35)48(33)39(40)28-29-45(49)54)52-55-51(36-15-10-14-34(30-36)32-12-4-3-5-13-32)56-53(57-52)43-18-11-21-47-50(43)42-17-7-9-20-46(42)58-47/h3-31H,1-2H3. The number of para-hydroxylation sites is 1. The van der Waals surface area contributed by atoms with Crippen LogP contribution in [0.25, 0.3) is 111 Å². The highest BCUT2D eigenvalue weighted by Gasteiger charge is 2.36. The Balaban J connectivity index is 1.07. The second-order valence-electron chi connectivity index (χ2n) is 15.9.